The molecule has 1 aromatic heterocycles. The van der Waals surface area contributed by atoms with Crippen molar-refractivity contribution in [2.24, 2.45) is 23.2 Å². The second-order valence-electron chi connectivity index (χ2n) is 11.0. The summed E-state index contributed by atoms with van der Waals surface area (Å²) in [5, 5.41) is 15.0. The minimum atomic E-state index is -3.49. The van der Waals surface area contributed by atoms with E-state index in [1.54, 1.807) is 7.11 Å². The molecule has 0 radical (unpaired) electrons. The Bertz CT molecular complexity index is 1220. The number of nitrogens with one attached hydrogen (secondary N) is 1. The molecule has 6 atom stereocenters. The van der Waals surface area contributed by atoms with Crippen LogP contribution in [0.3, 0.4) is 0 Å². The van der Waals surface area contributed by atoms with Gasteiger partial charge in [-0.05, 0) is 54.2 Å². The summed E-state index contributed by atoms with van der Waals surface area (Å²) in [6, 6.07) is 5.51. The molecule has 1 saturated carbocycles. The lowest BCUT2D eigenvalue weighted by Gasteiger charge is -2.53. The fourth-order valence-electron chi connectivity index (χ4n) is 6.36. The van der Waals surface area contributed by atoms with Gasteiger partial charge in [-0.1, -0.05) is 32.9 Å². The van der Waals surface area contributed by atoms with Crippen molar-refractivity contribution < 1.29 is 27.4 Å². The van der Waals surface area contributed by atoms with E-state index in [1.165, 1.54) is 35.6 Å². The fourth-order valence-corrected chi connectivity index (χ4v) is 9.55. The van der Waals surface area contributed by atoms with Gasteiger partial charge in [0.1, 0.15) is 16.6 Å². The van der Waals surface area contributed by atoms with Crippen molar-refractivity contribution in [3.05, 3.63) is 51.2 Å². The van der Waals surface area contributed by atoms with E-state index < -0.39 is 21.8 Å². The number of carbonyl (C=O) groups excluding carboxylic acids is 1. The standard InChI is InChI=1S/C27H37FN2O5S2/c1-16(26(32)29-11-12-35-4)20-9-10-27(3)13-21-24(17(2)23(27)25(20)31)30-22(36-21)15-37(33,34)14-18-5-7-19(28)8-6-18/h5-8,16-17,20,23,25,31H,9-15H2,1-4H3,(H,29,32). The molecule has 0 bridgehead atoms. The molecule has 0 spiro atoms. The summed E-state index contributed by atoms with van der Waals surface area (Å²) in [7, 11) is -1.90. The molecule has 1 fully saturated rings. The zero-order valence-electron chi connectivity index (χ0n) is 21.9. The number of nitrogens with zero attached hydrogens (tertiary/aromatic N) is 1. The Morgan fingerprint density at radius 2 is 2.03 bits per heavy atom. The van der Waals surface area contributed by atoms with E-state index in [9.17, 15) is 22.7 Å². The largest absolute Gasteiger partial charge is 0.392 e. The lowest BCUT2D eigenvalue weighted by Crippen LogP contribution is -2.53. The summed E-state index contributed by atoms with van der Waals surface area (Å²) < 4.78 is 44.0. The molecular weight excluding hydrogens is 515 g/mol. The van der Waals surface area contributed by atoms with Crippen molar-refractivity contribution in [2.45, 2.75) is 63.6 Å². The summed E-state index contributed by atoms with van der Waals surface area (Å²) in [6.45, 7) is 7.02. The van der Waals surface area contributed by atoms with Gasteiger partial charge < -0.3 is 15.2 Å². The highest BCUT2D eigenvalue weighted by atomic mass is 32.2. The number of aliphatic hydroxyl groups is 1. The van der Waals surface area contributed by atoms with E-state index >= 15 is 0 Å². The zero-order chi connectivity index (χ0) is 27.0. The molecule has 1 heterocycles. The molecule has 7 nitrogen and oxygen atoms in total. The van der Waals surface area contributed by atoms with E-state index in [1.807, 2.05) is 6.92 Å². The minimum absolute atomic E-state index is 0.0555. The number of hydrogen-bond acceptors (Lipinski definition) is 7. The second-order valence-corrected chi connectivity index (χ2v) is 14.2. The van der Waals surface area contributed by atoms with Crippen LogP contribution in [0.5, 0.6) is 0 Å². The van der Waals surface area contributed by atoms with Crippen LogP contribution in [0.2, 0.25) is 0 Å². The van der Waals surface area contributed by atoms with E-state index in [2.05, 4.69) is 19.2 Å². The molecule has 2 aliphatic carbocycles. The van der Waals surface area contributed by atoms with Crippen molar-refractivity contribution in [3.8, 4) is 0 Å². The quantitative estimate of drug-likeness (QED) is 0.458. The molecule has 10 heteroatoms. The zero-order valence-corrected chi connectivity index (χ0v) is 23.5. The van der Waals surface area contributed by atoms with Crippen LogP contribution >= 0.6 is 11.3 Å². The van der Waals surface area contributed by atoms with Crippen LogP contribution in [0.25, 0.3) is 0 Å². The number of hydrogen-bond donors (Lipinski definition) is 2. The maximum atomic E-state index is 13.2. The van der Waals surface area contributed by atoms with Crippen LogP contribution in [-0.4, -0.2) is 50.8 Å². The van der Waals surface area contributed by atoms with E-state index in [4.69, 9.17) is 9.72 Å². The van der Waals surface area contributed by atoms with Gasteiger partial charge in [0.15, 0.2) is 9.84 Å². The molecular formula is C27H37FN2O5S2. The number of fused-ring (bicyclic) bond motifs is 2. The van der Waals surface area contributed by atoms with Gasteiger partial charge >= 0.3 is 0 Å². The van der Waals surface area contributed by atoms with Crippen LogP contribution in [0.4, 0.5) is 4.39 Å². The predicted octanol–water partition coefficient (Wildman–Crippen LogP) is 3.85. The van der Waals surface area contributed by atoms with Crippen molar-refractivity contribution >= 4 is 27.1 Å². The first kappa shape index (κ1) is 28.1. The number of halogens is 1. The van der Waals surface area contributed by atoms with E-state index in [0.717, 1.165) is 29.8 Å². The normalized spacial score (nSPS) is 28.3. The fraction of sp³-hybridized carbons (Fsp3) is 0.630. The minimum Gasteiger partial charge on any atom is -0.392 e. The van der Waals surface area contributed by atoms with Crippen molar-refractivity contribution in [2.75, 3.05) is 20.3 Å². The molecule has 1 aromatic carbocycles. The highest BCUT2D eigenvalue weighted by molar-refractivity contribution is 7.90. The summed E-state index contributed by atoms with van der Waals surface area (Å²) in [5.41, 5.74) is 1.27. The first-order valence-electron chi connectivity index (χ1n) is 12.8. The number of carbonyl (C=O) groups is 1. The van der Waals surface area contributed by atoms with Gasteiger partial charge in [0.25, 0.3) is 0 Å². The van der Waals surface area contributed by atoms with Gasteiger partial charge in [0.2, 0.25) is 5.91 Å². The maximum Gasteiger partial charge on any atom is 0.223 e. The van der Waals surface area contributed by atoms with Gasteiger partial charge in [-0.15, -0.1) is 11.3 Å². The molecule has 0 aliphatic heterocycles. The van der Waals surface area contributed by atoms with E-state index in [-0.39, 0.29) is 46.5 Å². The number of aliphatic hydroxyl groups excluding tert-OH is 1. The number of methoxy groups -OCH3 is 1. The number of aromatic nitrogens is 1. The molecule has 2 aliphatic rings. The topological polar surface area (TPSA) is 106 Å². The second kappa shape index (κ2) is 11.1. The molecule has 1 amide bonds. The summed E-state index contributed by atoms with van der Waals surface area (Å²) in [6.07, 6.45) is 1.73. The molecule has 6 unspecified atom stereocenters. The van der Waals surface area contributed by atoms with Crippen molar-refractivity contribution in [1.29, 1.82) is 0 Å². The number of ether oxygens (including phenoxy) is 1. The summed E-state index contributed by atoms with van der Waals surface area (Å²) >= 11 is 1.45. The molecule has 37 heavy (non-hydrogen) atoms. The number of benzene rings is 1. The SMILES string of the molecule is COCCNC(=O)C(C)C1CCC2(C)Cc3sc(CS(=O)(=O)Cc4ccc(F)cc4)nc3C(C)C2C1O. The molecule has 0 saturated heterocycles. The lowest BCUT2D eigenvalue weighted by atomic mass is 9.53. The Morgan fingerprint density at radius 1 is 1.32 bits per heavy atom. The Balaban J connectivity index is 1.50. The first-order valence-corrected chi connectivity index (χ1v) is 15.5. The average Bonchev–Trinajstić information content (AvgIpc) is 3.21. The van der Waals surface area contributed by atoms with Crippen LogP contribution in [0, 0.1) is 29.0 Å². The van der Waals surface area contributed by atoms with Gasteiger partial charge in [-0.25, -0.2) is 17.8 Å². The van der Waals surface area contributed by atoms with Crippen LogP contribution < -0.4 is 5.32 Å². The van der Waals surface area contributed by atoms with Crippen LogP contribution in [0.15, 0.2) is 24.3 Å². The van der Waals surface area contributed by atoms with E-state index in [0.29, 0.717) is 23.7 Å². The predicted molar refractivity (Wildman–Crippen MR) is 141 cm³/mol. The smallest absolute Gasteiger partial charge is 0.223 e. The third kappa shape index (κ3) is 6.08. The van der Waals surface area contributed by atoms with Gasteiger partial charge in [0, 0.05) is 30.4 Å². The summed E-state index contributed by atoms with van der Waals surface area (Å²) in [4.78, 5) is 18.6. The molecule has 2 N–H and O–H groups in total. The lowest BCUT2D eigenvalue weighted by molar-refractivity contribution is -0.135. The van der Waals surface area contributed by atoms with Gasteiger partial charge in [-0.2, -0.15) is 0 Å². The highest BCUT2D eigenvalue weighted by Gasteiger charge is 2.53. The summed E-state index contributed by atoms with van der Waals surface area (Å²) in [5.74, 6) is -1.41. The van der Waals surface area contributed by atoms with Crippen molar-refractivity contribution in [3.63, 3.8) is 0 Å². The van der Waals surface area contributed by atoms with Crippen molar-refractivity contribution in [1.82, 2.24) is 10.3 Å². The molecule has 204 valence electrons. The third-order valence-electron chi connectivity index (χ3n) is 8.27. The highest BCUT2D eigenvalue weighted by Crippen LogP contribution is 2.57. The number of rotatable bonds is 9. The Morgan fingerprint density at radius 3 is 2.70 bits per heavy atom. The number of thiazole rings is 1. The maximum absolute atomic E-state index is 13.2. The average molecular weight is 553 g/mol. The monoisotopic (exact) mass is 552 g/mol. The molecule has 4 rings (SSSR count). The first-order chi connectivity index (χ1) is 17.4. The Kier molecular flexibility index (Phi) is 8.43. The van der Waals surface area contributed by atoms with Crippen LogP contribution in [0.1, 0.15) is 60.7 Å². The number of amides is 1. The third-order valence-corrected chi connectivity index (χ3v) is 11.0. The van der Waals surface area contributed by atoms with Gasteiger partial charge in [0.05, 0.1) is 24.2 Å². The van der Waals surface area contributed by atoms with Crippen LogP contribution in [-0.2, 0) is 37.3 Å². The number of sulfone groups is 1. The Hall–Kier alpha value is -1.88. The van der Waals surface area contributed by atoms with Gasteiger partial charge in [-0.3, -0.25) is 4.79 Å². The Labute approximate surface area is 222 Å². The molecule has 2 aromatic rings.